The first kappa shape index (κ1) is 15.7. The number of hydrogen-bond donors (Lipinski definition) is 0. The Kier molecular flexibility index (Phi) is 3.68. The van der Waals surface area contributed by atoms with E-state index in [1.165, 1.54) is 16.7 Å². The van der Waals surface area contributed by atoms with Crippen LogP contribution in [0.15, 0.2) is 97.1 Å². The fraction of sp³-hybridized carbons (Fsp3) is 0.0400. The molecule has 2 nitrogen and oxygen atoms in total. The second-order valence-corrected chi connectivity index (χ2v) is 6.79. The molecule has 0 aromatic heterocycles. The van der Waals surface area contributed by atoms with Crippen LogP contribution in [0.25, 0.3) is 11.1 Å². The van der Waals surface area contributed by atoms with Gasteiger partial charge < -0.3 is 9.64 Å². The molecule has 1 aliphatic heterocycles. The highest BCUT2D eigenvalue weighted by Crippen LogP contribution is 2.50. The van der Waals surface area contributed by atoms with Gasteiger partial charge in [0.15, 0.2) is 11.5 Å². The second-order valence-electron chi connectivity index (χ2n) is 6.79. The van der Waals surface area contributed by atoms with Crippen LogP contribution in [-0.4, -0.2) is 0 Å². The van der Waals surface area contributed by atoms with Crippen LogP contribution in [0, 0.1) is 6.92 Å². The molecule has 130 valence electrons. The minimum atomic E-state index is 0.876. The maximum atomic E-state index is 6.14. The lowest BCUT2D eigenvalue weighted by Crippen LogP contribution is -2.15. The number of fused-ring (bicyclic) bond motifs is 2. The normalized spacial score (nSPS) is 12.1. The number of benzene rings is 4. The topological polar surface area (TPSA) is 12.5 Å². The molecule has 0 radical (unpaired) electrons. The van der Waals surface area contributed by atoms with Gasteiger partial charge in [0.05, 0.1) is 11.4 Å². The van der Waals surface area contributed by atoms with Gasteiger partial charge in [-0.25, -0.2) is 0 Å². The van der Waals surface area contributed by atoms with Crippen molar-refractivity contribution in [1.82, 2.24) is 0 Å². The number of rotatable bonds is 2. The van der Waals surface area contributed by atoms with Crippen LogP contribution in [0.1, 0.15) is 5.56 Å². The number of anilines is 3. The largest absolute Gasteiger partial charge is 0.453 e. The van der Waals surface area contributed by atoms with Gasteiger partial charge in [-0.1, -0.05) is 60.7 Å². The molecule has 27 heavy (non-hydrogen) atoms. The smallest absolute Gasteiger partial charge is 0.151 e. The van der Waals surface area contributed by atoms with Crippen LogP contribution >= 0.6 is 0 Å². The van der Waals surface area contributed by atoms with Crippen LogP contribution in [0.2, 0.25) is 0 Å². The quantitative estimate of drug-likeness (QED) is 0.333. The van der Waals surface area contributed by atoms with Crippen molar-refractivity contribution in [3.63, 3.8) is 0 Å². The van der Waals surface area contributed by atoms with E-state index in [9.17, 15) is 0 Å². The molecule has 0 unspecified atom stereocenters. The molecule has 0 bridgehead atoms. The molecular weight excluding hydrogens is 330 g/mol. The van der Waals surface area contributed by atoms with E-state index in [1.54, 1.807) is 0 Å². The molecule has 0 atom stereocenters. The Labute approximate surface area is 159 Å². The van der Waals surface area contributed by atoms with E-state index in [2.05, 4.69) is 78.6 Å². The van der Waals surface area contributed by atoms with E-state index in [0.29, 0.717) is 0 Å². The van der Waals surface area contributed by atoms with Crippen molar-refractivity contribution in [2.45, 2.75) is 6.92 Å². The van der Waals surface area contributed by atoms with Crippen LogP contribution in [-0.2, 0) is 0 Å². The molecule has 0 N–H and O–H groups in total. The van der Waals surface area contributed by atoms with Crippen molar-refractivity contribution in [3.8, 4) is 22.6 Å². The average Bonchev–Trinajstić information content (AvgIpc) is 2.73. The average molecular weight is 349 g/mol. The molecular formula is C25H19NO. The van der Waals surface area contributed by atoms with E-state index in [0.717, 1.165) is 28.6 Å². The fourth-order valence-electron chi connectivity index (χ4n) is 3.58. The lowest BCUT2D eigenvalue weighted by atomic mass is 10.0. The van der Waals surface area contributed by atoms with Gasteiger partial charge in [0.25, 0.3) is 0 Å². The van der Waals surface area contributed by atoms with Gasteiger partial charge in [-0.3, -0.25) is 0 Å². The van der Waals surface area contributed by atoms with Crippen molar-refractivity contribution in [2.75, 3.05) is 4.90 Å². The molecule has 1 aliphatic rings. The molecule has 0 amide bonds. The molecule has 4 aromatic carbocycles. The van der Waals surface area contributed by atoms with Gasteiger partial charge in [0.2, 0.25) is 0 Å². The lowest BCUT2D eigenvalue weighted by Gasteiger charge is -2.33. The summed E-state index contributed by atoms with van der Waals surface area (Å²) in [6, 6.07) is 33.7. The van der Waals surface area contributed by atoms with Gasteiger partial charge in [-0.05, 0) is 60.0 Å². The van der Waals surface area contributed by atoms with Crippen molar-refractivity contribution in [2.24, 2.45) is 0 Å². The van der Waals surface area contributed by atoms with Crippen LogP contribution in [0.5, 0.6) is 11.5 Å². The first-order chi connectivity index (χ1) is 13.3. The van der Waals surface area contributed by atoms with Gasteiger partial charge in [-0.15, -0.1) is 0 Å². The van der Waals surface area contributed by atoms with Gasteiger partial charge in [0, 0.05) is 5.69 Å². The SMILES string of the molecule is Cc1ccc2c(c1)N(c1ccc(-c3ccccc3)cc1)c1ccccc1O2. The summed E-state index contributed by atoms with van der Waals surface area (Å²) in [4.78, 5) is 2.27. The highest BCUT2D eigenvalue weighted by atomic mass is 16.5. The van der Waals surface area contributed by atoms with E-state index >= 15 is 0 Å². The molecule has 0 saturated heterocycles. The monoisotopic (exact) mass is 349 g/mol. The molecule has 0 aliphatic carbocycles. The molecule has 0 spiro atoms. The second kappa shape index (κ2) is 6.33. The van der Waals surface area contributed by atoms with Crippen molar-refractivity contribution < 1.29 is 4.74 Å². The van der Waals surface area contributed by atoms with Gasteiger partial charge in [-0.2, -0.15) is 0 Å². The van der Waals surface area contributed by atoms with E-state index in [-0.39, 0.29) is 0 Å². The molecule has 2 heteroatoms. The lowest BCUT2D eigenvalue weighted by molar-refractivity contribution is 0.477. The summed E-state index contributed by atoms with van der Waals surface area (Å²) < 4.78 is 6.14. The van der Waals surface area contributed by atoms with E-state index in [1.807, 2.05) is 30.3 Å². The third kappa shape index (κ3) is 2.76. The zero-order valence-corrected chi connectivity index (χ0v) is 15.1. The summed E-state index contributed by atoms with van der Waals surface area (Å²) in [6.45, 7) is 2.11. The molecule has 4 aromatic rings. The van der Waals surface area contributed by atoms with Crippen LogP contribution < -0.4 is 9.64 Å². The first-order valence-corrected chi connectivity index (χ1v) is 9.13. The summed E-state index contributed by atoms with van der Waals surface area (Å²) >= 11 is 0. The van der Waals surface area contributed by atoms with Crippen molar-refractivity contribution >= 4 is 17.1 Å². The Bertz CT molecular complexity index is 1100. The predicted octanol–water partition coefficient (Wildman–Crippen LogP) is 7.24. The number of para-hydroxylation sites is 2. The summed E-state index contributed by atoms with van der Waals surface area (Å²) in [6.07, 6.45) is 0. The van der Waals surface area contributed by atoms with Crippen molar-refractivity contribution in [3.05, 3.63) is 103 Å². The minimum Gasteiger partial charge on any atom is -0.453 e. The maximum absolute atomic E-state index is 6.14. The first-order valence-electron chi connectivity index (χ1n) is 9.13. The number of nitrogens with zero attached hydrogens (tertiary/aromatic N) is 1. The summed E-state index contributed by atoms with van der Waals surface area (Å²) in [5.74, 6) is 1.76. The summed E-state index contributed by atoms with van der Waals surface area (Å²) in [5.41, 5.74) is 6.90. The Morgan fingerprint density at radius 3 is 2.07 bits per heavy atom. The van der Waals surface area contributed by atoms with E-state index < -0.39 is 0 Å². The number of hydrogen-bond acceptors (Lipinski definition) is 2. The highest BCUT2D eigenvalue weighted by molar-refractivity contribution is 5.87. The Morgan fingerprint density at radius 2 is 1.26 bits per heavy atom. The Hall–Kier alpha value is -3.52. The Morgan fingerprint density at radius 1 is 0.593 bits per heavy atom. The zero-order chi connectivity index (χ0) is 18.2. The third-order valence-corrected chi connectivity index (χ3v) is 4.91. The van der Waals surface area contributed by atoms with Crippen LogP contribution in [0.3, 0.4) is 0 Å². The summed E-state index contributed by atoms with van der Waals surface area (Å²) in [5, 5.41) is 0. The maximum Gasteiger partial charge on any atom is 0.151 e. The number of aryl methyl sites for hydroxylation is 1. The molecule has 1 heterocycles. The molecule has 5 rings (SSSR count). The van der Waals surface area contributed by atoms with Gasteiger partial charge in [0.1, 0.15) is 0 Å². The van der Waals surface area contributed by atoms with Crippen molar-refractivity contribution in [1.29, 1.82) is 0 Å². The Balaban J connectivity index is 1.63. The van der Waals surface area contributed by atoms with Crippen LogP contribution in [0.4, 0.5) is 17.1 Å². The molecule has 0 fully saturated rings. The van der Waals surface area contributed by atoms with Gasteiger partial charge >= 0.3 is 0 Å². The third-order valence-electron chi connectivity index (χ3n) is 4.91. The predicted molar refractivity (Wildman–Crippen MR) is 111 cm³/mol. The number of ether oxygens (including phenoxy) is 1. The highest BCUT2D eigenvalue weighted by Gasteiger charge is 2.25. The summed E-state index contributed by atoms with van der Waals surface area (Å²) in [7, 11) is 0. The minimum absolute atomic E-state index is 0.876. The molecule has 0 saturated carbocycles. The fourth-order valence-corrected chi connectivity index (χ4v) is 3.58. The van der Waals surface area contributed by atoms with E-state index in [4.69, 9.17) is 4.74 Å². The standard InChI is InChI=1S/C25H19NO/c1-18-11-16-25-23(17-18)26(22-9-5-6-10-24(22)27-25)21-14-12-20(13-15-21)19-7-3-2-4-8-19/h2-17H,1H3. The zero-order valence-electron chi connectivity index (χ0n) is 15.1.